The van der Waals surface area contributed by atoms with Gasteiger partial charge in [0.05, 0.1) is 6.61 Å². The monoisotopic (exact) mass is 171 g/mol. The summed E-state index contributed by atoms with van der Waals surface area (Å²) in [6.07, 6.45) is 7.71. The van der Waals surface area contributed by atoms with Gasteiger partial charge in [-0.15, -0.1) is 0 Å². The van der Waals surface area contributed by atoms with Crippen LogP contribution in [0.2, 0.25) is 0 Å². The highest BCUT2D eigenvalue weighted by molar-refractivity contribution is 4.79. The Hall–Kier alpha value is -0.0800. The Balaban J connectivity index is 2.15. The van der Waals surface area contributed by atoms with Crippen LogP contribution in [0.4, 0.5) is 0 Å². The van der Waals surface area contributed by atoms with E-state index >= 15 is 0 Å². The molecule has 0 aliphatic heterocycles. The Morgan fingerprint density at radius 1 is 1.42 bits per heavy atom. The van der Waals surface area contributed by atoms with Gasteiger partial charge < -0.3 is 10.8 Å². The maximum absolute atomic E-state index is 8.94. The molecule has 0 spiro atoms. The SMILES string of the molecule is CC(N)(CO)CCC1CCCC1. The molecule has 0 radical (unpaired) electrons. The topological polar surface area (TPSA) is 46.2 Å². The number of nitrogens with two attached hydrogens (primary N) is 1. The second-order valence-electron chi connectivity index (χ2n) is 4.50. The average molecular weight is 171 g/mol. The second-order valence-corrected chi connectivity index (χ2v) is 4.50. The van der Waals surface area contributed by atoms with Crippen LogP contribution in [0.5, 0.6) is 0 Å². The van der Waals surface area contributed by atoms with E-state index in [9.17, 15) is 0 Å². The number of rotatable bonds is 4. The van der Waals surface area contributed by atoms with Crippen molar-refractivity contribution in [3.05, 3.63) is 0 Å². The van der Waals surface area contributed by atoms with Gasteiger partial charge >= 0.3 is 0 Å². The minimum atomic E-state index is -0.345. The highest BCUT2D eigenvalue weighted by Gasteiger charge is 2.21. The molecule has 0 aromatic heterocycles. The quantitative estimate of drug-likeness (QED) is 0.676. The zero-order chi connectivity index (χ0) is 9.03. The van der Waals surface area contributed by atoms with Gasteiger partial charge in [0.2, 0.25) is 0 Å². The fraction of sp³-hybridized carbons (Fsp3) is 1.00. The molecule has 1 aliphatic carbocycles. The van der Waals surface area contributed by atoms with Crippen molar-refractivity contribution in [1.29, 1.82) is 0 Å². The molecule has 0 heterocycles. The molecule has 0 aromatic carbocycles. The molecule has 0 saturated heterocycles. The molecule has 0 bridgehead atoms. The van der Waals surface area contributed by atoms with Gasteiger partial charge in [-0.05, 0) is 25.7 Å². The van der Waals surface area contributed by atoms with Gasteiger partial charge in [0.1, 0.15) is 0 Å². The lowest BCUT2D eigenvalue weighted by molar-refractivity contribution is 0.192. The highest BCUT2D eigenvalue weighted by atomic mass is 16.3. The smallest absolute Gasteiger partial charge is 0.0608 e. The molecule has 12 heavy (non-hydrogen) atoms. The van der Waals surface area contributed by atoms with Crippen LogP contribution in [0.3, 0.4) is 0 Å². The van der Waals surface area contributed by atoms with Crippen molar-refractivity contribution in [2.75, 3.05) is 6.61 Å². The van der Waals surface area contributed by atoms with E-state index in [0.29, 0.717) is 0 Å². The summed E-state index contributed by atoms with van der Waals surface area (Å²) >= 11 is 0. The van der Waals surface area contributed by atoms with Crippen LogP contribution >= 0.6 is 0 Å². The normalized spacial score (nSPS) is 24.2. The maximum atomic E-state index is 8.94. The van der Waals surface area contributed by atoms with E-state index in [0.717, 1.165) is 12.3 Å². The van der Waals surface area contributed by atoms with Crippen molar-refractivity contribution in [2.24, 2.45) is 11.7 Å². The van der Waals surface area contributed by atoms with E-state index in [4.69, 9.17) is 10.8 Å². The third kappa shape index (κ3) is 3.11. The van der Waals surface area contributed by atoms with Crippen molar-refractivity contribution < 1.29 is 5.11 Å². The van der Waals surface area contributed by atoms with Gasteiger partial charge in [-0.25, -0.2) is 0 Å². The van der Waals surface area contributed by atoms with Crippen LogP contribution < -0.4 is 5.73 Å². The Kier molecular flexibility index (Phi) is 3.53. The summed E-state index contributed by atoms with van der Waals surface area (Å²) in [5.41, 5.74) is 5.50. The number of aliphatic hydroxyl groups is 1. The van der Waals surface area contributed by atoms with Crippen molar-refractivity contribution in [1.82, 2.24) is 0 Å². The fourth-order valence-corrected chi connectivity index (χ4v) is 1.91. The van der Waals surface area contributed by atoms with Gasteiger partial charge in [-0.2, -0.15) is 0 Å². The summed E-state index contributed by atoms with van der Waals surface area (Å²) in [6.45, 7) is 2.04. The molecule has 1 unspecified atom stereocenters. The van der Waals surface area contributed by atoms with Gasteiger partial charge in [0.15, 0.2) is 0 Å². The summed E-state index contributed by atoms with van der Waals surface area (Å²) in [6, 6.07) is 0. The largest absolute Gasteiger partial charge is 0.394 e. The second kappa shape index (κ2) is 4.24. The summed E-state index contributed by atoms with van der Waals surface area (Å²) in [5.74, 6) is 0.888. The van der Waals surface area contributed by atoms with E-state index in [2.05, 4.69) is 0 Å². The van der Waals surface area contributed by atoms with Crippen molar-refractivity contribution in [2.45, 2.75) is 51.0 Å². The molecule has 1 saturated carbocycles. The molecule has 2 heteroatoms. The summed E-state index contributed by atoms with van der Waals surface area (Å²) < 4.78 is 0. The summed E-state index contributed by atoms with van der Waals surface area (Å²) in [5, 5.41) is 8.94. The summed E-state index contributed by atoms with van der Waals surface area (Å²) in [7, 11) is 0. The molecule has 2 nitrogen and oxygen atoms in total. The molecule has 1 fully saturated rings. The standard InChI is InChI=1S/C10H21NO/c1-10(11,8-12)7-6-9-4-2-3-5-9/h9,12H,2-8,11H2,1H3. The van der Waals surface area contributed by atoms with Gasteiger partial charge in [0, 0.05) is 5.54 Å². The first-order valence-corrected chi connectivity index (χ1v) is 5.04. The van der Waals surface area contributed by atoms with Crippen molar-refractivity contribution >= 4 is 0 Å². The van der Waals surface area contributed by atoms with Gasteiger partial charge in [-0.1, -0.05) is 25.7 Å². The lowest BCUT2D eigenvalue weighted by Gasteiger charge is -2.23. The average Bonchev–Trinajstić information content (AvgIpc) is 2.53. The lowest BCUT2D eigenvalue weighted by Crippen LogP contribution is -2.40. The van der Waals surface area contributed by atoms with Crippen LogP contribution in [0.1, 0.15) is 45.4 Å². The Morgan fingerprint density at radius 2 is 2.00 bits per heavy atom. The predicted molar refractivity (Wildman–Crippen MR) is 50.9 cm³/mol. The van der Waals surface area contributed by atoms with Crippen LogP contribution in [-0.4, -0.2) is 17.3 Å². The molecule has 0 aromatic rings. The Morgan fingerprint density at radius 3 is 2.50 bits per heavy atom. The first kappa shape index (κ1) is 10.0. The summed E-state index contributed by atoms with van der Waals surface area (Å²) in [4.78, 5) is 0. The van der Waals surface area contributed by atoms with E-state index in [1.165, 1.54) is 32.1 Å². The zero-order valence-corrected chi connectivity index (χ0v) is 8.05. The third-order valence-electron chi connectivity index (χ3n) is 2.96. The van der Waals surface area contributed by atoms with Crippen molar-refractivity contribution in [3.63, 3.8) is 0 Å². The van der Waals surface area contributed by atoms with E-state index in [1.54, 1.807) is 0 Å². The van der Waals surface area contributed by atoms with Crippen molar-refractivity contribution in [3.8, 4) is 0 Å². The third-order valence-corrected chi connectivity index (χ3v) is 2.96. The number of hydrogen-bond acceptors (Lipinski definition) is 2. The van der Waals surface area contributed by atoms with Crippen LogP contribution in [0.25, 0.3) is 0 Å². The first-order valence-electron chi connectivity index (χ1n) is 5.04. The Bertz CT molecular complexity index is 128. The molecule has 1 rings (SSSR count). The molecule has 1 aliphatic rings. The molecule has 72 valence electrons. The molecular weight excluding hydrogens is 150 g/mol. The van der Waals surface area contributed by atoms with Crippen LogP contribution in [-0.2, 0) is 0 Å². The van der Waals surface area contributed by atoms with Gasteiger partial charge in [-0.3, -0.25) is 0 Å². The minimum absolute atomic E-state index is 0.111. The zero-order valence-electron chi connectivity index (χ0n) is 8.05. The first-order chi connectivity index (χ1) is 5.64. The molecule has 0 amide bonds. The fourth-order valence-electron chi connectivity index (χ4n) is 1.91. The van der Waals surface area contributed by atoms with E-state index in [1.807, 2.05) is 6.92 Å². The highest BCUT2D eigenvalue weighted by Crippen LogP contribution is 2.29. The lowest BCUT2D eigenvalue weighted by atomic mass is 9.91. The van der Waals surface area contributed by atoms with E-state index in [-0.39, 0.29) is 12.1 Å². The minimum Gasteiger partial charge on any atom is -0.394 e. The van der Waals surface area contributed by atoms with Crippen LogP contribution in [0, 0.1) is 5.92 Å². The maximum Gasteiger partial charge on any atom is 0.0608 e. The number of hydrogen-bond donors (Lipinski definition) is 2. The van der Waals surface area contributed by atoms with Gasteiger partial charge in [0.25, 0.3) is 0 Å². The predicted octanol–water partition coefficient (Wildman–Crippen LogP) is 1.67. The molecule has 1 atom stereocenters. The van der Waals surface area contributed by atoms with Crippen LogP contribution in [0.15, 0.2) is 0 Å². The molecule has 3 N–H and O–H groups in total. The molecular formula is C10H21NO. The number of aliphatic hydroxyl groups excluding tert-OH is 1. The van der Waals surface area contributed by atoms with E-state index < -0.39 is 0 Å². The Labute approximate surface area is 75.2 Å².